The van der Waals surface area contributed by atoms with Gasteiger partial charge in [0.25, 0.3) is 0 Å². The molecule has 104 valence electrons. The number of hydrogen-bond acceptors (Lipinski definition) is 3. The molecule has 1 aromatic rings. The first kappa shape index (κ1) is 16.8. The maximum atomic E-state index is 10.8. The monoisotopic (exact) mass is 293 g/mol. The van der Waals surface area contributed by atoms with E-state index >= 15 is 0 Å². The number of aromatic hydroxyl groups is 1. The average molecular weight is 293 g/mol. The van der Waals surface area contributed by atoms with Gasteiger partial charge in [0.05, 0.1) is 0 Å². The third-order valence-electron chi connectivity index (χ3n) is 1.41. The molecule has 0 atom stereocenters. The van der Waals surface area contributed by atoms with E-state index in [4.69, 9.17) is 10.8 Å². The smallest absolute Gasteiger partial charge is 0.397 e. The summed E-state index contributed by atoms with van der Waals surface area (Å²) in [6, 6.07) is 4.65. The van der Waals surface area contributed by atoms with Gasteiger partial charge in [0.15, 0.2) is 0 Å². The van der Waals surface area contributed by atoms with Crippen molar-refractivity contribution in [3.05, 3.63) is 18.2 Å². The van der Waals surface area contributed by atoms with Crippen LogP contribution in [0, 0.1) is 0 Å². The summed E-state index contributed by atoms with van der Waals surface area (Å²) in [5.74, 6) is 0.172. The van der Waals surface area contributed by atoms with E-state index in [9.17, 15) is 26.3 Å². The highest BCUT2D eigenvalue weighted by Crippen LogP contribution is 2.31. The Labute approximate surface area is 104 Å². The Kier molecular flexibility index (Phi) is 5.65. The molecule has 3 N–H and O–H groups in total. The predicted octanol–water partition coefficient (Wildman–Crippen LogP) is 3.76. The third kappa shape index (κ3) is 8.85. The van der Waals surface area contributed by atoms with Crippen LogP contribution >= 0.6 is 12.6 Å². The molecule has 0 saturated heterocycles. The maximum Gasteiger partial charge on any atom is 0.397 e. The number of anilines is 1. The van der Waals surface area contributed by atoms with Crippen LogP contribution in [0.1, 0.15) is 6.42 Å². The fourth-order valence-corrected chi connectivity index (χ4v) is 0.908. The molecule has 0 fully saturated rings. The number of phenolic OH excluding ortho intramolecular Hbond substituents is 1. The molecule has 0 unspecified atom stereocenters. The highest BCUT2D eigenvalue weighted by molar-refractivity contribution is 7.80. The molecule has 0 radical (unpaired) electrons. The Morgan fingerprint density at radius 3 is 1.72 bits per heavy atom. The number of phenols is 1. The Hall–Kier alpha value is -1.25. The van der Waals surface area contributed by atoms with E-state index in [0.29, 0.717) is 10.6 Å². The number of hydrogen-bond donors (Lipinski definition) is 3. The van der Waals surface area contributed by atoms with E-state index in [0.717, 1.165) is 0 Å². The number of thiol groups is 1. The second-order valence-electron chi connectivity index (χ2n) is 3.15. The average Bonchev–Trinajstić information content (AvgIpc) is 2.06. The first-order valence-corrected chi connectivity index (χ1v) is 4.76. The van der Waals surface area contributed by atoms with Gasteiger partial charge in [-0.1, -0.05) is 0 Å². The minimum Gasteiger partial charge on any atom is -0.508 e. The summed E-state index contributed by atoms with van der Waals surface area (Å²) in [5.41, 5.74) is 5.88. The molecule has 2 nitrogen and oxygen atoms in total. The van der Waals surface area contributed by atoms with Crippen molar-refractivity contribution in [3.8, 4) is 5.75 Å². The van der Waals surface area contributed by atoms with E-state index in [1.54, 1.807) is 12.1 Å². The van der Waals surface area contributed by atoms with E-state index in [1.165, 1.54) is 6.07 Å². The highest BCUT2D eigenvalue weighted by atomic mass is 32.1. The molecule has 0 aliphatic rings. The third-order valence-corrected chi connectivity index (χ3v) is 1.82. The molecule has 0 aromatic heterocycles. The zero-order valence-electron chi connectivity index (χ0n) is 8.68. The van der Waals surface area contributed by atoms with Crippen molar-refractivity contribution in [3.63, 3.8) is 0 Å². The summed E-state index contributed by atoms with van der Waals surface area (Å²) in [7, 11) is 0. The highest BCUT2D eigenvalue weighted by Gasteiger charge is 2.43. The summed E-state index contributed by atoms with van der Waals surface area (Å²) in [6.45, 7) is 0. The lowest BCUT2D eigenvalue weighted by Crippen LogP contribution is -2.20. The lowest BCUT2D eigenvalue weighted by molar-refractivity contribution is -0.232. The molecule has 0 spiro atoms. The molecular formula is C9H9F6NOS. The van der Waals surface area contributed by atoms with Crippen LogP contribution in [0.3, 0.4) is 0 Å². The minimum absolute atomic E-state index is 0.172. The van der Waals surface area contributed by atoms with E-state index in [-0.39, 0.29) is 5.75 Å². The molecule has 0 saturated carbocycles. The first-order valence-electron chi connectivity index (χ1n) is 4.31. The van der Waals surface area contributed by atoms with Gasteiger partial charge in [-0.15, -0.1) is 12.6 Å². The van der Waals surface area contributed by atoms with Crippen LogP contribution < -0.4 is 5.73 Å². The standard InChI is InChI=1S/C6H7NOS.C3H2F6/c7-5-3-4(8)1-2-6(5)9;4-2(5,6)1-3(7,8)9/h1-3,8-9H,7H2;1H2. The van der Waals surface area contributed by atoms with Crippen molar-refractivity contribution in [1.29, 1.82) is 0 Å². The van der Waals surface area contributed by atoms with Crippen molar-refractivity contribution in [2.24, 2.45) is 0 Å². The second-order valence-corrected chi connectivity index (χ2v) is 3.63. The summed E-state index contributed by atoms with van der Waals surface area (Å²) in [5, 5.41) is 8.82. The van der Waals surface area contributed by atoms with Gasteiger partial charge in [0.1, 0.15) is 12.2 Å². The van der Waals surface area contributed by atoms with Crippen LogP contribution in [0.25, 0.3) is 0 Å². The Bertz CT molecular complexity index is 378. The van der Waals surface area contributed by atoms with Crippen molar-refractivity contribution >= 4 is 18.3 Å². The molecule has 0 heterocycles. The SMILES string of the molecule is FC(F)(F)CC(F)(F)F.Nc1cc(O)ccc1S. The molecule has 0 aliphatic carbocycles. The van der Waals surface area contributed by atoms with Gasteiger partial charge < -0.3 is 10.8 Å². The maximum absolute atomic E-state index is 10.8. The molecule has 0 amide bonds. The van der Waals surface area contributed by atoms with Gasteiger partial charge in [-0.05, 0) is 12.1 Å². The molecule has 9 heteroatoms. The molecule has 0 bridgehead atoms. The zero-order valence-corrected chi connectivity index (χ0v) is 9.57. The molecule has 0 aliphatic heterocycles. The van der Waals surface area contributed by atoms with Crippen LogP contribution in [0.15, 0.2) is 23.1 Å². The number of benzene rings is 1. The van der Waals surface area contributed by atoms with Gasteiger partial charge in [0, 0.05) is 16.6 Å². The van der Waals surface area contributed by atoms with E-state index in [2.05, 4.69) is 12.6 Å². The van der Waals surface area contributed by atoms with Gasteiger partial charge in [-0.3, -0.25) is 0 Å². The minimum atomic E-state index is -5.14. The quantitative estimate of drug-likeness (QED) is 0.387. The Morgan fingerprint density at radius 2 is 1.50 bits per heavy atom. The molecule has 1 aromatic carbocycles. The topological polar surface area (TPSA) is 46.2 Å². The number of rotatable bonds is 0. The van der Waals surface area contributed by atoms with Gasteiger partial charge in [-0.25, -0.2) is 0 Å². The summed E-state index contributed by atoms with van der Waals surface area (Å²) >= 11 is 4.01. The molecular weight excluding hydrogens is 284 g/mol. The fourth-order valence-electron chi connectivity index (χ4n) is 0.769. The van der Waals surface area contributed by atoms with Gasteiger partial charge in [0.2, 0.25) is 0 Å². The number of nitrogens with two attached hydrogens (primary N) is 1. The first-order chi connectivity index (χ1) is 7.91. The van der Waals surface area contributed by atoms with Gasteiger partial charge in [-0.2, -0.15) is 26.3 Å². The Morgan fingerprint density at radius 1 is 1.06 bits per heavy atom. The van der Waals surface area contributed by atoms with Crippen LogP contribution in [0.4, 0.5) is 32.0 Å². The van der Waals surface area contributed by atoms with E-state index < -0.39 is 18.8 Å². The zero-order chi connectivity index (χ0) is 14.6. The second kappa shape index (κ2) is 6.07. The lowest BCUT2D eigenvalue weighted by atomic mass is 10.3. The van der Waals surface area contributed by atoms with E-state index in [1.807, 2.05) is 0 Å². The van der Waals surface area contributed by atoms with Crippen molar-refractivity contribution in [2.45, 2.75) is 23.7 Å². The predicted molar refractivity (Wildman–Crippen MR) is 56.5 cm³/mol. The number of nitrogen functional groups attached to an aromatic ring is 1. The molecule has 18 heavy (non-hydrogen) atoms. The van der Waals surface area contributed by atoms with Crippen molar-refractivity contribution in [2.75, 3.05) is 5.73 Å². The van der Waals surface area contributed by atoms with Gasteiger partial charge >= 0.3 is 12.4 Å². The van der Waals surface area contributed by atoms with Crippen molar-refractivity contribution in [1.82, 2.24) is 0 Å². The Balaban J connectivity index is 0.000000321. The largest absolute Gasteiger partial charge is 0.508 e. The normalized spacial score (nSPS) is 11.7. The number of halogens is 6. The van der Waals surface area contributed by atoms with Crippen LogP contribution in [0.5, 0.6) is 5.75 Å². The van der Waals surface area contributed by atoms with Crippen LogP contribution in [0.2, 0.25) is 0 Å². The summed E-state index contributed by atoms with van der Waals surface area (Å²) in [4.78, 5) is 0.688. The van der Waals surface area contributed by atoms with Crippen LogP contribution in [-0.2, 0) is 0 Å². The molecule has 1 rings (SSSR count). The summed E-state index contributed by atoms with van der Waals surface area (Å²) in [6.07, 6.45) is -13.0. The lowest BCUT2D eigenvalue weighted by Gasteiger charge is -2.08. The van der Waals surface area contributed by atoms with Crippen molar-refractivity contribution < 1.29 is 31.4 Å². The van der Waals surface area contributed by atoms with Crippen LogP contribution in [-0.4, -0.2) is 17.5 Å². The summed E-state index contributed by atoms with van der Waals surface area (Å²) < 4.78 is 65.0. The fraction of sp³-hybridized carbons (Fsp3) is 0.333. The number of alkyl halides is 6.